The van der Waals surface area contributed by atoms with E-state index >= 15 is 0 Å². The molecule has 0 aliphatic heterocycles. The topological polar surface area (TPSA) is 12.0 Å². The molecule has 0 amide bonds. The minimum atomic E-state index is 0. The largest absolute Gasteiger partial charge is 1.00 e. The molecule has 0 aromatic rings. The molecule has 4 heteroatoms. The summed E-state index contributed by atoms with van der Waals surface area (Å²) in [6, 6.07) is 0.582. The van der Waals surface area contributed by atoms with Gasteiger partial charge < -0.3 is 30.2 Å². The molecular weight excluding hydrogens is 185 g/mol. The van der Waals surface area contributed by atoms with Crippen molar-refractivity contribution in [2.24, 2.45) is 0 Å². The van der Waals surface area contributed by atoms with Crippen LogP contribution in [-0.2, 0) is 12.6 Å². The summed E-state index contributed by atoms with van der Waals surface area (Å²) in [5.74, 6) is 0. The van der Waals surface area contributed by atoms with Crippen LogP contribution in [0.15, 0.2) is 0 Å². The molecule has 0 radical (unpaired) electrons. The van der Waals surface area contributed by atoms with Gasteiger partial charge in [0.25, 0.3) is 0 Å². The Labute approximate surface area is 101 Å². The van der Waals surface area contributed by atoms with E-state index in [1.165, 1.54) is 32.1 Å². The summed E-state index contributed by atoms with van der Waals surface area (Å²) >= 11 is 9.56. The molecule has 0 unspecified atom stereocenters. The van der Waals surface area contributed by atoms with Gasteiger partial charge in [0.05, 0.1) is 0 Å². The summed E-state index contributed by atoms with van der Waals surface area (Å²) < 4.78 is 0.534. The molecule has 0 aromatic heterocycles. The van der Waals surface area contributed by atoms with Gasteiger partial charge in [-0.25, -0.2) is 0 Å². The first-order valence-electron chi connectivity index (χ1n) is 3.76. The first kappa shape index (κ1) is 12.1. The molecule has 0 bridgehead atoms. The molecule has 0 aromatic carbocycles. The maximum absolute atomic E-state index is 4.78. The van der Waals surface area contributed by atoms with Gasteiger partial charge in [-0.3, -0.25) is 0 Å². The Kier molecular flexibility index (Phi) is 7.27. The maximum Gasteiger partial charge on any atom is 1.00 e. The molecule has 0 atom stereocenters. The summed E-state index contributed by atoms with van der Waals surface area (Å²) in [6.07, 6.45) is 6.53. The summed E-state index contributed by atoms with van der Waals surface area (Å²) in [4.78, 5) is 0. The van der Waals surface area contributed by atoms with E-state index in [0.717, 1.165) is 0 Å². The smallest absolute Gasteiger partial charge is 0.412 e. The zero-order valence-corrected chi connectivity index (χ0v) is 10.6. The molecule has 1 fully saturated rings. The molecule has 0 heterocycles. The summed E-state index contributed by atoms with van der Waals surface area (Å²) in [5, 5.41) is 3.13. The number of rotatable bonds is 1. The average Bonchev–Trinajstić information content (AvgIpc) is 1.88. The zero-order chi connectivity index (χ0) is 7.40. The van der Waals surface area contributed by atoms with E-state index in [0.29, 0.717) is 10.4 Å². The molecule has 1 N–H and O–H groups in total. The van der Waals surface area contributed by atoms with Crippen LogP contribution in [-0.4, -0.2) is 10.4 Å². The monoisotopic (exact) mass is 197 g/mol. The molecular formula is C7H12NNaS2. The Balaban J connectivity index is 0.000001000. The van der Waals surface area contributed by atoms with Crippen LogP contribution in [0.25, 0.3) is 0 Å². The summed E-state index contributed by atoms with van der Waals surface area (Å²) in [7, 11) is 0. The van der Waals surface area contributed by atoms with Crippen LogP contribution in [0.2, 0.25) is 0 Å². The molecule has 1 aliphatic rings. The number of thiocarbonyl (C=S) groups is 1. The number of hydrogen-bond donors (Lipinski definition) is 1. The third-order valence-corrected chi connectivity index (χ3v) is 2.16. The molecule has 1 nitrogen and oxygen atoms in total. The zero-order valence-electron chi connectivity index (χ0n) is 6.93. The Morgan fingerprint density at radius 2 is 1.82 bits per heavy atom. The van der Waals surface area contributed by atoms with Crippen LogP contribution in [0.5, 0.6) is 0 Å². The minimum Gasteiger partial charge on any atom is -0.412 e. The fraction of sp³-hybridized carbons (Fsp3) is 0.857. The van der Waals surface area contributed by atoms with E-state index in [1.54, 1.807) is 0 Å². The van der Waals surface area contributed by atoms with Gasteiger partial charge in [-0.2, -0.15) is 0 Å². The second kappa shape index (κ2) is 6.61. The summed E-state index contributed by atoms with van der Waals surface area (Å²) in [6.45, 7) is 0. The van der Waals surface area contributed by atoms with E-state index in [1.807, 2.05) is 0 Å². The van der Waals surface area contributed by atoms with Crippen molar-refractivity contribution >= 4 is 29.2 Å². The van der Waals surface area contributed by atoms with Crippen molar-refractivity contribution in [1.29, 1.82) is 0 Å². The van der Waals surface area contributed by atoms with Gasteiger partial charge in [0.2, 0.25) is 0 Å². The molecule has 11 heavy (non-hydrogen) atoms. The summed E-state index contributed by atoms with van der Waals surface area (Å²) in [5.41, 5.74) is 0. The first-order valence-corrected chi connectivity index (χ1v) is 4.58. The fourth-order valence-electron chi connectivity index (χ4n) is 1.41. The standard InChI is InChI=1S/C7H13NS2.Na/c9-7(10)8-6-4-2-1-3-5-6;/h6H,1-5H2,(H2,8,9,10);/q;+1/p-1. The van der Waals surface area contributed by atoms with Crippen molar-refractivity contribution in [1.82, 2.24) is 5.32 Å². The van der Waals surface area contributed by atoms with Crippen LogP contribution in [0.1, 0.15) is 32.1 Å². The molecule has 1 aliphatic carbocycles. The Hall–Kier alpha value is 1.11. The normalized spacial score (nSPS) is 18.5. The van der Waals surface area contributed by atoms with E-state index in [2.05, 4.69) is 5.32 Å². The van der Waals surface area contributed by atoms with E-state index in [4.69, 9.17) is 24.8 Å². The van der Waals surface area contributed by atoms with Crippen molar-refractivity contribution in [3.05, 3.63) is 0 Å². The minimum absolute atomic E-state index is 0. The number of nitrogens with one attached hydrogen (secondary N) is 1. The average molecular weight is 197 g/mol. The second-order valence-corrected chi connectivity index (χ2v) is 3.84. The van der Waals surface area contributed by atoms with Gasteiger partial charge in [-0.1, -0.05) is 23.6 Å². The fourth-order valence-corrected chi connectivity index (χ4v) is 1.75. The van der Waals surface area contributed by atoms with Gasteiger partial charge >= 0.3 is 29.6 Å². The molecule has 0 spiro atoms. The van der Waals surface area contributed by atoms with Crippen LogP contribution >= 0.6 is 12.2 Å². The van der Waals surface area contributed by atoms with Crippen molar-refractivity contribution in [2.75, 3.05) is 0 Å². The molecule has 0 saturated heterocycles. The second-order valence-electron chi connectivity index (χ2n) is 2.77. The predicted molar refractivity (Wildman–Crippen MR) is 50.0 cm³/mol. The van der Waals surface area contributed by atoms with Crippen LogP contribution in [0.4, 0.5) is 0 Å². The Morgan fingerprint density at radius 3 is 2.27 bits per heavy atom. The van der Waals surface area contributed by atoms with Crippen molar-refractivity contribution in [2.45, 2.75) is 38.1 Å². The van der Waals surface area contributed by atoms with Crippen LogP contribution in [0.3, 0.4) is 0 Å². The third-order valence-electron chi connectivity index (χ3n) is 1.93. The molecule has 58 valence electrons. The van der Waals surface area contributed by atoms with Gasteiger partial charge in [0, 0.05) is 6.04 Å². The Morgan fingerprint density at radius 1 is 1.27 bits per heavy atom. The van der Waals surface area contributed by atoms with Gasteiger partial charge in [-0.05, 0) is 12.8 Å². The molecule has 1 saturated carbocycles. The van der Waals surface area contributed by atoms with Crippen molar-refractivity contribution < 1.29 is 29.6 Å². The quantitative estimate of drug-likeness (QED) is 0.320. The predicted octanol–water partition coefficient (Wildman–Crippen LogP) is -1.26. The van der Waals surface area contributed by atoms with Gasteiger partial charge in [0.15, 0.2) is 0 Å². The van der Waals surface area contributed by atoms with E-state index in [-0.39, 0.29) is 29.6 Å². The van der Waals surface area contributed by atoms with Crippen molar-refractivity contribution in [3.63, 3.8) is 0 Å². The molecule has 1 rings (SSSR count). The van der Waals surface area contributed by atoms with Crippen LogP contribution < -0.4 is 34.9 Å². The van der Waals surface area contributed by atoms with Gasteiger partial charge in [-0.15, -0.1) is 0 Å². The van der Waals surface area contributed by atoms with E-state index < -0.39 is 0 Å². The van der Waals surface area contributed by atoms with Crippen LogP contribution in [0, 0.1) is 0 Å². The van der Waals surface area contributed by atoms with Gasteiger partial charge in [0.1, 0.15) is 0 Å². The third kappa shape index (κ3) is 5.36. The number of hydrogen-bond acceptors (Lipinski definition) is 2. The maximum atomic E-state index is 4.78. The SMILES string of the molecule is S=C([S-])NC1CCCCC1.[Na+]. The van der Waals surface area contributed by atoms with E-state index in [9.17, 15) is 0 Å². The first-order chi connectivity index (χ1) is 4.79. The van der Waals surface area contributed by atoms with Crippen molar-refractivity contribution in [3.8, 4) is 0 Å². The Bertz CT molecular complexity index is 124.